The van der Waals surface area contributed by atoms with Crippen LogP contribution in [0.2, 0.25) is 0 Å². The van der Waals surface area contributed by atoms with Gasteiger partial charge in [0.2, 0.25) is 0 Å². The molecule has 136 valence electrons. The van der Waals surface area contributed by atoms with E-state index in [0.717, 1.165) is 50.5 Å². The van der Waals surface area contributed by atoms with Gasteiger partial charge in [-0.2, -0.15) is 0 Å². The van der Waals surface area contributed by atoms with E-state index in [9.17, 15) is 4.79 Å². The standard InChI is InChI=1S/C19H29N5O/c1-14-8-18(21-13-20-14)23-9-15-11-24(12-16(15)10-23)19(25)22-17-6-4-2-3-5-7-17/h8,13,15-17H,2-7,9-12H2,1H3,(H,22,25). The van der Waals surface area contributed by atoms with Crippen molar-refractivity contribution in [1.82, 2.24) is 20.2 Å². The molecule has 2 unspecified atom stereocenters. The predicted molar refractivity (Wildman–Crippen MR) is 97.6 cm³/mol. The number of rotatable bonds is 2. The summed E-state index contributed by atoms with van der Waals surface area (Å²) >= 11 is 0. The lowest BCUT2D eigenvalue weighted by molar-refractivity contribution is 0.200. The molecule has 0 aromatic carbocycles. The Bertz CT molecular complexity index is 600. The molecule has 3 fully saturated rings. The van der Waals surface area contributed by atoms with E-state index in [2.05, 4.69) is 26.3 Å². The molecule has 4 rings (SSSR count). The SMILES string of the molecule is Cc1cc(N2CC3CN(C(=O)NC4CCCCCC4)CC3C2)ncn1. The van der Waals surface area contributed by atoms with E-state index in [0.29, 0.717) is 17.9 Å². The van der Waals surface area contributed by atoms with Gasteiger partial charge in [-0.15, -0.1) is 0 Å². The number of hydrogen-bond donors (Lipinski definition) is 1. The molecule has 6 nitrogen and oxygen atoms in total. The van der Waals surface area contributed by atoms with Crippen LogP contribution in [0.5, 0.6) is 0 Å². The van der Waals surface area contributed by atoms with Gasteiger partial charge in [0.15, 0.2) is 0 Å². The minimum Gasteiger partial charge on any atom is -0.356 e. The number of nitrogens with zero attached hydrogens (tertiary/aromatic N) is 4. The van der Waals surface area contributed by atoms with Gasteiger partial charge in [-0.1, -0.05) is 25.7 Å². The Balaban J connectivity index is 1.30. The topological polar surface area (TPSA) is 61.4 Å². The smallest absolute Gasteiger partial charge is 0.317 e. The molecule has 1 aliphatic carbocycles. The lowest BCUT2D eigenvalue weighted by Gasteiger charge is -2.25. The van der Waals surface area contributed by atoms with Crippen LogP contribution in [0.4, 0.5) is 10.6 Å². The number of fused-ring (bicyclic) bond motifs is 1. The van der Waals surface area contributed by atoms with Crippen LogP contribution in [0, 0.1) is 18.8 Å². The van der Waals surface area contributed by atoms with Crippen LogP contribution in [-0.2, 0) is 0 Å². The highest BCUT2D eigenvalue weighted by molar-refractivity contribution is 5.75. The minimum absolute atomic E-state index is 0.158. The zero-order valence-electron chi connectivity index (χ0n) is 15.2. The molecule has 2 aliphatic heterocycles. The van der Waals surface area contributed by atoms with Crippen LogP contribution in [0.25, 0.3) is 0 Å². The van der Waals surface area contributed by atoms with E-state index < -0.39 is 0 Å². The number of carbonyl (C=O) groups is 1. The molecule has 0 radical (unpaired) electrons. The van der Waals surface area contributed by atoms with Gasteiger partial charge in [0.05, 0.1) is 0 Å². The van der Waals surface area contributed by atoms with Crippen LogP contribution in [0.1, 0.15) is 44.2 Å². The second kappa shape index (κ2) is 7.18. The van der Waals surface area contributed by atoms with Crippen molar-refractivity contribution in [2.24, 2.45) is 11.8 Å². The summed E-state index contributed by atoms with van der Waals surface area (Å²) < 4.78 is 0. The van der Waals surface area contributed by atoms with Gasteiger partial charge >= 0.3 is 6.03 Å². The van der Waals surface area contributed by atoms with Crippen LogP contribution < -0.4 is 10.2 Å². The molecule has 2 amide bonds. The highest BCUT2D eigenvalue weighted by atomic mass is 16.2. The number of likely N-dealkylation sites (tertiary alicyclic amines) is 1. The fourth-order valence-electron chi connectivity index (χ4n) is 4.65. The van der Waals surface area contributed by atoms with Gasteiger partial charge < -0.3 is 15.1 Å². The van der Waals surface area contributed by atoms with Crippen molar-refractivity contribution < 1.29 is 4.79 Å². The number of nitrogens with one attached hydrogen (secondary N) is 1. The number of hydrogen-bond acceptors (Lipinski definition) is 4. The zero-order chi connectivity index (χ0) is 17.2. The average molecular weight is 343 g/mol. The molecule has 3 heterocycles. The van der Waals surface area contributed by atoms with E-state index in [4.69, 9.17) is 0 Å². The molecule has 2 atom stereocenters. The maximum absolute atomic E-state index is 12.6. The quantitative estimate of drug-likeness (QED) is 0.839. The average Bonchev–Trinajstić information content (AvgIpc) is 3.06. The van der Waals surface area contributed by atoms with Crippen molar-refractivity contribution in [1.29, 1.82) is 0 Å². The number of aryl methyl sites for hydroxylation is 1. The van der Waals surface area contributed by atoms with Crippen molar-refractivity contribution in [3.63, 3.8) is 0 Å². The fourth-order valence-corrected chi connectivity index (χ4v) is 4.65. The van der Waals surface area contributed by atoms with Crippen LogP contribution in [-0.4, -0.2) is 53.1 Å². The molecule has 0 bridgehead atoms. The lowest BCUT2D eigenvalue weighted by atomic mass is 10.0. The van der Waals surface area contributed by atoms with Crippen LogP contribution >= 0.6 is 0 Å². The number of anilines is 1. The van der Waals surface area contributed by atoms with Gasteiger partial charge in [-0.05, 0) is 19.8 Å². The second-order valence-electron chi connectivity index (χ2n) is 7.99. The third kappa shape index (κ3) is 3.72. The monoisotopic (exact) mass is 343 g/mol. The molecule has 1 saturated carbocycles. The van der Waals surface area contributed by atoms with E-state index in [1.807, 2.05) is 11.8 Å². The van der Waals surface area contributed by atoms with E-state index >= 15 is 0 Å². The summed E-state index contributed by atoms with van der Waals surface area (Å²) in [5, 5.41) is 3.29. The molecule has 25 heavy (non-hydrogen) atoms. The zero-order valence-corrected chi connectivity index (χ0v) is 15.2. The van der Waals surface area contributed by atoms with Crippen molar-refractivity contribution in [2.45, 2.75) is 51.5 Å². The first-order valence-corrected chi connectivity index (χ1v) is 9.78. The maximum atomic E-state index is 12.6. The maximum Gasteiger partial charge on any atom is 0.317 e. The number of aromatic nitrogens is 2. The van der Waals surface area contributed by atoms with Crippen LogP contribution in [0.15, 0.2) is 12.4 Å². The second-order valence-corrected chi connectivity index (χ2v) is 7.99. The Morgan fingerprint density at radius 3 is 2.36 bits per heavy atom. The Morgan fingerprint density at radius 1 is 1.04 bits per heavy atom. The number of carbonyl (C=O) groups excluding carboxylic acids is 1. The Hall–Kier alpha value is -1.85. The summed E-state index contributed by atoms with van der Waals surface area (Å²) in [7, 11) is 0. The van der Waals surface area contributed by atoms with Crippen molar-refractivity contribution >= 4 is 11.8 Å². The summed E-state index contributed by atoms with van der Waals surface area (Å²) in [4.78, 5) is 25.6. The third-order valence-corrected chi connectivity index (χ3v) is 6.07. The Morgan fingerprint density at radius 2 is 1.72 bits per heavy atom. The lowest BCUT2D eigenvalue weighted by Crippen LogP contribution is -2.44. The van der Waals surface area contributed by atoms with Crippen molar-refractivity contribution in [3.05, 3.63) is 18.1 Å². The Kier molecular flexibility index (Phi) is 4.77. The first kappa shape index (κ1) is 16.6. The predicted octanol–water partition coefficient (Wildman–Crippen LogP) is 2.59. The van der Waals surface area contributed by atoms with Gasteiger partial charge in [0.1, 0.15) is 12.1 Å². The largest absolute Gasteiger partial charge is 0.356 e. The van der Waals surface area contributed by atoms with Crippen molar-refractivity contribution in [2.75, 3.05) is 31.1 Å². The highest BCUT2D eigenvalue weighted by Gasteiger charge is 2.42. The summed E-state index contributed by atoms with van der Waals surface area (Å²) in [6.45, 7) is 5.75. The molecule has 6 heteroatoms. The number of amides is 2. The van der Waals surface area contributed by atoms with Gasteiger partial charge in [0.25, 0.3) is 0 Å². The van der Waals surface area contributed by atoms with E-state index in [-0.39, 0.29) is 6.03 Å². The summed E-state index contributed by atoms with van der Waals surface area (Å²) in [6, 6.07) is 2.60. The van der Waals surface area contributed by atoms with Gasteiger partial charge in [-0.25, -0.2) is 14.8 Å². The highest BCUT2D eigenvalue weighted by Crippen LogP contribution is 2.33. The molecular formula is C19H29N5O. The molecule has 3 aliphatic rings. The normalized spacial score (nSPS) is 27.2. The fraction of sp³-hybridized carbons (Fsp3) is 0.737. The first-order valence-electron chi connectivity index (χ1n) is 9.78. The summed E-state index contributed by atoms with van der Waals surface area (Å²) in [5.41, 5.74) is 1.01. The van der Waals surface area contributed by atoms with Crippen molar-refractivity contribution in [3.8, 4) is 0 Å². The number of urea groups is 1. The summed E-state index contributed by atoms with van der Waals surface area (Å²) in [6.07, 6.45) is 9.08. The van der Waals surface area contributed by atoms with Gasteiger partial charge in [-0.3, -0.25) is 0 Å². The first-order chi connectivity index (χ1) is 12.2. The Labute approximate surface area is 150 Å². The molecule has 1 aromatic heterocycles. The summed E-state index contributed by atoms with van der Waals surface area (Å²) in [5.74, 6) is 2.15. The minimum atomic E-state index is 0.158. The van der Waals surface area contributed by atoms with Gasteiger partial charge in [0, 0.05) is 55.8 Å². The molecule has 0 spiro atoms. The molecular weight excluding hydrogens is 314 g/mol. The third-order valence-electron chi connectivity index (χ3n) is 6.07. The molecule has 1 N–H and O–H groups in total. The molecule has 1 aromatic rings. The van der Waals surface area contributed by atoms with E-state index in [1.165, 1.54) is 25.7 Å². The van der Waals surface area contributed by atoms with Crippen LogP contribution in [0.3, 0.4) is 0 Å². The molecule has 2 saturated heterocycles. The van der Waals surface area contributed by atoms with E-state index in [1.54, 1.807) is 6.33 Å².